The van der Waals surface area contributed by atoms with Crippen molar-refractivity contribution in [1.82, 2.24) is 10.6 Å². The first-order chi connectivity index (χ1) is 20.7. The van der Waals surface area contributed by atoms with Gasteiger partial charge in [0.2, 0.25) is 12.5 Å². The molecule has 0 spiro atoms. The summed E-state index contributed by atoms with van der Waals surface area (Å²) in [5, 5.41) is 3.57. The molecule has 0 radical (unpaired) electrons. The predicted octanol–water partition coefficient (Wildman–Crippen LogP) is 4.53. The van der Waals surface area contributed by atoms with Gasteiger partial charge < -0.3 is 14.2 Å². The van der Waals surface area contributed by atoms with E-state index in [4.69, 9.17) is 14.2 Å². The summed E-state index contributed by atoms with van der Waals surface area (Å²) in [5.74, 6) is 0.353. The summed E-state index contributed by atoms with van der Waals surface area (Å²) < 4.78 is 15.8. The summed E-state index contributed by atoms with van der Waals surface area (Å²) in [7, 11) is 1.52. The number of fused-ring (bicyclic) bond motifs is 3. The second-order valence-corrected chi connectivity index (χ2v) is 11.2. The summed E-state index contributed by atoms with van der Waals surface area (Å²) in [5.41, 5.74) is 2.72. The molecule has 13 heteroatoms. The first kappa shape index (κ1) is 28.0. The molecule has 2 N–H and O–H groups in total. The molecule has 7 rings (SSSR count). The van der Waals surface area contributed by atoms with Gasteiger partial charge in [-0.05, 0) is 71.1 Å². The number of ketones is 2. The Labute approximate surface area is 251 Å². The summed E-state index contributed by atoms with van der Waals surface area (Å²) in [6.45, 7) is 0.138. The lowest BCUT2D eigenvalue weighted by Gasteiger charge is -2.17. The van der Waals surface area contributed by atoms with Crippen molar-refractivity contribution in [2.45, 2.75) is 0 Å². The number of hydrogen-bond acceptors (Lipinski definition) is 11. The number of carbonyl (C=O) groups is 6. The van der Waals surface area contributed by atoms with E-state index in [9.17, 15) is 28.8 Å². The van der Waals surface area contributed by atoms with Gasteiger partial charge in [-0.25, -0.2) is 0 Å². The van der Waals surface area contributed by atoms with Gasteiger partial charge in [0.15, 0.2) is 23.1 Å². The quantitative estimate of drug-likeness (QED) is 0.313. The summed E-state index contributed by atoms with van der Waals surface area (Å²) in [4.78, 5) is 71.2. The Hall–Kier alpha value is -5.14. The molecule has 3 heterocycles. The fraction of sp³-hybridized carbons (Fsp3) is 0.0667. The Bertz CT molecular complexity index is 1860. The lowest BCUT2D eigenvalue weighted by atomic mass is 9.83. The molecule has 11 nitrogen and oxygen atoms in total. The zero-order valence-electron chi connectivity index (χ0n) is 22.0. The summed E-state index contributed by atoms with van der Waals surface area (Å²) in [6.07, 6.45) is 3.14. The Morgan fingerprint density at radius 3 is 1.86 bits per heavy atom. The van der Waals surface area contributed by atoms with Crippen LogP contribution >= 0.6 is 23.5 Å². The lowest BCUT2D eigenvalue weighted by molar-refractivity contribution is -0.116. The van der Waals surface area contributed by atoms with E-state index in [1.165, 1.54) is 13.2 Å². The van der Waals surface area contributed by atoms with Gasteiger partial charge in [-0.15, -0.1) is 0 Å². The van der Waals surface area contributed by atoms with Gasteiger partial charge in [-0.2, -0.15) is 0 Å². The van der Waals surface area contributed by atoms with Crippen LogP contribution in [0.1, 0.15) is 43.0 Å². The summed E-state index contributed by atoms with van der Waals surface area (Å²) in [6, 6.07) is 15.0. The van der Waals surface area contributed by atoms with Crippen LogP contribution in [-0.4, -0.2) is 47.8 Å². The molecule has 43 heavy (non-hydrogen) atoms. The van der Waals surface area contributed by atoms with E-state index in [1.54, 1.807) is 60.7 Å². The second kappa shape index (κ2) is 11.3. The smallest absolute Gasteiger partial charge is 0.290 e. The maximum atomic E-state index is 12.6. The zero-order valence-corrected chi connectivity index (χ0v) is 23.7. The molecule has 0 unspecified atom stereocenters. The molecule has 0 aromatic heterocycles. The molecule has 1 aliphatic carbocycles. The number of thioether (sulfide) groups is 2. The number of benzene rings is 3. The van der Waals surface area contributed by atoms with Crippen molar-refractivity contribution in [1.29, 1.82) is 0 Å². The van der Waals surface area contributed by atoms with Crippen LogP contribution in [0, 0.1) is 0 Å². The minimum absolute atomic E-state index is 0.138. The molecule has 0 saturated carbocycles. The fourth-order valence-corrected chi connectivity index (χ4v) is 5.95. The largest absolute Gasteiger partial charge is 0.493 e. The number of ether oxygens (including phenoxy) is 3. The van der Waals surface area contributed by atoms with Gasteiger partial charge in [0.25, 0.3) is 22.3 Å². The number of amides is 4. The Kier molecular flexibility index (Phi) is 7.34. The highest BCUT2D eigenvalue weighted by Gasteiger charge is 2.30. The van der Waals surface area contributed by atoms with Gasteiger partial charge in [-0.3, -0.25) is 39.4 Å². The maximum Gasteiger partial charge on any atom is 0.290 e. The molecule has 2 saturated heterocycles. The standard InChI is InChI=1S/C18H9NO4S.C12H9NO5S/c20-15-10-3-1-2-4-11(10)16(21)13-7-9(5-6-12(13)15)8-14-17(22)19-18(23)24-14;1-16-7-2-6(3-8-10(7)18-5-17-8)4-9-11(14)13-12(15)19-9/h1-8H,(H,19,22,23);2-4H,5H2,1H3,(H,13,14,15). The highest BCUT2D eigenvalue weighted by atomic mass is 32.2. The van der Waals surface area contributed by atoms with E-state index >= 15 is 0 Å². The third-order valence-corrected chi connectivity index (χ3v) is 8.13. The van der Waals surface area contributed by atoms with Gasteiger partial charge in [-0.1, -0.05) is 30.3 Å². The predicted molar refractivity (Wildman–Crippen MR) is 157 cm³/mol. The van der Waals surface area contributed by atoms with Crippen LogP contribution in [0.3, 0.4) is 0 Å². The minimum Gasteiger partial charge on any atom is -0.493 e. The Morgan fingerprint density at radius 2 is 1.28 bits per heavy atom. The van der Waals surface area contributed by atoms with Crippen molar-refractivity contribution < 1.29 is 43.0 Å². The van der Waals surface area contributed by atoms with Crippen LogP contribution in [0.15, 0.2) is 64.4 Å². The monoisotopic (exact) mass is 614 g/mol. The van der Waals surface area contributed by atoms with Crippen LogP contribution < -0.4 is 24.8 Å². The van der Waals surface area contributed by atoms with E-state index in [1.807, 2.05) is 0 Å². The number of hydrogen-bond donors (Lipinski definition) is 2. The van der Waals surface area contributed by atoms with Crippen molar-refractivity contribution in [3.8, 4) is 17.2 Å². The van der Waals surface area contributed by atoms with E-state index in [0.717, 1.165) is 23.5 Å². The molecule has 4 aliphatic rings. The molecule has 4 amide bonds. The van der Waals surface area contributed by atoms with Crippen LogP contribution in [0.5, 0.6) is 17.2 Å². The molecule has 214 valence electrons. The van der Waals surface area contributed by atoms with E-state index in [2.05, 4.69) is 10.6 Å². The van der Waals surface area contributed by atoms with E-state index < -0.39 is 17.1 Å². The highest BCUT2D eigenvalue weighted by Crippen LogP contribution is 2.42. The first-order valence-corrected chi connectivity index (χ1v) is 14.1. The van der Waals surface area contributed by atoms with E-state index in [0.29, 0.717) is 55.5 Å². The lowest BCUT2D eigenvalue weighted by Crippen LogP contribution is -2.20. The molecule has 2 fully saturated rings. The minimum atomic E-state index is -0.463. The Balaban J connectivity index is 0.000000157. The molecule has 3 aliphatic heterocycles. The summed E-state index contributed by atoms with van der Waals surface area (Å²) >= 11 is 1.67. The fourth-order valence-electron chi connectivity index (χ4n) is 4.58. The topological polar surface area (TPSA) is 154 Å². The van der Waals surface area contributed by atoms with Crippen molar-refractivity contribution >= 4 is 69.5 Å². The van der Waals surface area contributed by atoms with Gasteiger partial charge >= 0.3 is 0 Å². The SMILES string of the molecule is COc1cc(C=C2SC(=O)NC2=O)cc2c1OCO2.O=C1NC(=O)C(=Cc2ccc3c(c2)C(=O)c2ccccc2C3=O)S1. The third kappa shape index (κ3) is 5.43. The normalized spacial score (nSPS) is 18.3. The number of imide groups is 2. The van der Waals surface area contributed by atoms with Gasteiger partial charge in [0.05, 0.1) is 16.9 Å². The van der Waals surface area contributed by atoms with Crippen LogP contribution in [0.25, 0.3) is 12.2 Å². The highest BCUT2D eigenvalue weighted by molar-refractivity contribution is 8.18. The molecule has 3 aromatic carbocycles. The van der Waals surface area contributed by atoms with Crippen molar-refractivity contribution in [2.75, 3.05) is 13.9 Å². The number of methoxy groups -OCH3 is 1. The molecular weight excluding hydrogens is 596 g/mol. The van der Waals surface area contributed by atoms with Crippen molar-refractivity contribution in [3.63, 3.8) is 0 Å². The molecular formula is C30H18N2O9S2. The van der Waals surface area contributed by atoms with Crippen LogP contribution in [0.4, 0.5) is 9.59 Å². The number of nitrogens with one attached hydrogen (secondary N) is 2. The number of rotatable bonds is 3. The second-order valence-electron chi connectivity index (χ2n) is 9.17. The average Bonchev–Trinajstić information content (AvgIpc) is 3.69. The Morgan fingerprint density at radius 1 is 0.698 bits per heavy atom. The molecule has 0 atom stereocenters. The maximum absolute atomic E-state index is 12.6. The number of carbonyl (C=O) groups excluding carboxylic acids is 6. The van der Waals surface area contributed by atoms with Gasteiger partial charge in [0, 0.05) is 22.3 Å². The van der Waals surface area contributed by atoms with Crippen molar-refractivity contribution in [2.24, 2.45) is 0 Å². The molecule has 0 bridgehead atoms. The first-order valence-electron chi connectivity index (χ1n) is 12.5. The molecule has 3 aromatic rings. The zero-order chi connectivity index (χ0) is 30.2. The van der Waals surface area contributed by atoms with Crippen molar-refractivity contribution in [3.05, 3.63) is 97.8 Å². The average molecular weight is 615 g/mol. The van der Waals surface area contributed by atoms with Gasteiger partial charge in [0.1, 0.15) is 0 Å². The third-order valence-electron chi connectivity index (χ3n) is 6.51. The van der Waals surface area contributed by atoms with Crippen LogP contribution in [0.2, 0.25) is 0 Å². The van der Waals surface area contributed by atoms with Crippen LogP contribution in [-0.2, 0) is 9.59 Å². The van der Waals surface area contributed by atoms with E-state index in [-0.39, 0.29) is 28.5 Å².